The van der Waals surface area contributed by atoms with Gasteiger partial charge in [0.1, 0.15) is 6.04 Å². The van der Waals surface area contributed by atoms with Crippen LogP contribution in [-0.4, -0.2) is 34.6 Å². The van der Waals surface area contributed by atoms with E-state index in [9.17, 15) is 19.2 Å². The minimum atomic E-state index is -0.647. The van der Waals surface area contributed by atoms with E-state index < -0.39 is 11.9 Å². The van der Waals surface area contributed by atoms with E-state index in [1.165, 1.54) is 16.2 Å². The Kier molecular flexibility index (Phi) is 6.59. The van der Waals surface area contributed by atoms with Crippen molar-refractivity contribution >= 4 is 46.6 Å². The second-order valence-electron chi connectivity index (χ2n) is 8.90. The van der Waals surface area contributed by atoms with Gasteiger partial charge >= 0.3 is 0 Å². The van der Waals surface area contributed by atoms with Crippen LogP contribution in [0.5, 0.6) is 0 Å². The molecule has 1 saturated heterocycles. The SMILES string of the molecule is Cc1ccc(C(C(=O)NCc2scc3c2CN(C2CCC(=O)NC2=O)C3=O)C(C)C)cc1Cl. The van der Waals surface area contributed by atoms with E-state index in [1.54, 1.807) is 5.38 Å². The Balaban J connectivity index is 1.46. The first-order chi connectivity index (χ1) is 15.7. The number of thiophene rings is 1. The van der Waals surface area contributed by atoms with Gasteiger partial charge in [0.15, 0.2) is 0 Å². The minimum Gasteiger partial charge on any atom is -0.351 e. The fraction of sp³-hybridized carbons (Fsp3) is 0.417. The molecular formula is C24H26ClN3O4S. The van der Waals surface area contributed by atoms with Crippen LogP contribution in [0.2, 0.25) is 5.02 Å². The third kappa shape index (κ3) is 4.54. The summed E-state index contributed by atoms with van der Waals surface area (Å²) >= 11 is 7.72. The highest BCUT2D eigenvalue weighted by Crippen LogP contribution is 2.34. The minimum absolute atomic E-state index is 0.0717. The lowest BCUT2D eigenvalue weighted by molar-refractivity contribution is -0.137. The standard InChI is InChI=1S/C24H26ClN3O4S/c1-12(2)21(14-5-4-13(3)17(25)8-14)23(31)26-9-19-15-10-28(24(32)16(15)11-33-19)18-6-7-20(29)27-22(18)30/h4-5,8,11-12,18,21H,6-7,9-10H2,1-3H3,(H,26,31)(H,27,29,30). The number of halogens is 1. The maximum atomic E-state index is 13.1. The largest absolute Gasteiger partial charge is 0.351 e. The number of amides is 4. The van der Waals surface area contributed by atoms with Gasteiger partial charge in [-0.25, -0.2) is 0 Å². The van der Waals surface area contributed by atoms with E-state index in [-0.39, 0.29) is 36.0 Å². The Hall–Kier alpha value is -2.71. The van der Waals surface area contributed by atoms with Crippen molar-refractivity contribution < 1.29 is 19.2 Å². The van der Waals surface area contributed by atoms with Crippen molar-refractivity contribution in [3.05, 3.63) is 55.7 Å². The smallest absolute Gasteiger partial charge is 0.256 e. The molecule has 2 aromatic rings. The number of nitrogens with zero attached hydrogens (tertiary/aromatic N) is 1. The summed E-state index contributed by atoms with van der Waals surface area (Å²) in [7, 11) is 0. The quantitative estimate of drug-likeness (QED) is 0.609. The van der Waals surface area contributed by atoms with Gasteiger partial charge in [0.25, 0.3) is 5.91 Å². The summed E-state index contributed by atoms with van der Waals surface area (Å²) in [6.07, 6.45) is 0.543. The monoisotopic (exact) mass is 487 g/mol. The van der Waals surface area contributed by atoms with E-state index >= 15 is 0 Å². The summed E-state index contributed by atoms with van der Waals surface area (Å²) in [5.41, 5.74) is 3.24. The first kappa shape index (κ1) is 23.4. The number of piperidine rings is 1. The van der Waals surface area contributed by atoms with Gasteiger partial charge in [-0.05, 0) is 42.0 Å². The summed E-state index contributed by atoms with van der Waals surface area (Å²) in [5.74, 6) is -1.32. The van der Waals surface area contributed by atoms with E-state index in [2.05, 4.69) is 10.6 Å². The number of carbonyl (C=O) groups is 4. The lowest BCUT2D eigenvalue weighted by atomic mass is 9.87. The molecule has 174 valence electrons. The van der Waals surface area contributed by atoms with Gasteiger partial charge in [-0.15, -0.1) is 11.3 Å². The summed E-state index contributed by atoms with van der Waals surface area (Å²) in [5, 5.41) is 7.75. The van der Waals surface area contributed by atoms with Crippen molar-refractivity contribution in [2.24, 2.45) is 5.92 Å². The van der Waals surface area contributed by atoms with Crippen molar-refractivity contribution in [3.63, 3.8) is 0 Å². The molecule has 0 aliphatic carbocycles. The van der Waals surface area contributed by atoms with Gasteiger partial charge in [0, 0.05) is 28.2 Å². The normalized spacial score (nSPS) is 19.0. The molecule has 4 rings (SSSR count). The number of aryl methyl sites for hydroxylation is 1. The highest BCUT2D eigenvalue weighted by Gasteiger charge is 2.40. The van der Waals surface area contributed by atoms with Gasteiger partial charge in [-0.1, -0.05) is 37.6 Å². The maximum Gasteiger partial charge on any atom is 0.256 e. The highest BCUT2D eigenvalue weighted by atomic mass is 35.5. The van der Waals surface area contributed by atoms with E-state index in [4.69, 9.17) is 11.6 Å². The molecule has 1 fully saturated rings. The first-order valence-electron chi connectivity index (χ1n) is 10.9. The zero-order chi connectivity index (χ0) is 23.9. The van der Waals surface area contributed by atoms with Gasteiger partial charge < -0.3 is 10.2 Å². The number of benzene rings is 1. The average molecular weight is 488 g/mol. The second kappa shape index (κ2) is 9.27. The zero-order valence-corrected chi connectivity index (χ0v) is 20.3. The molecule has 4 amide bonds. The fourth-order valence-corrected chi connectivity index (χ4v) is 5.64. The van der Waals surface area contributed by atoms with Crippen molar-refractivity contribution in [1.29, 1.82) is 0 Å². The third-order valence-electron chi connectivity index (χ3n) is 6.31. The number of carbonyl (C=O) groups excluding carboxylic acids is 4. The van der Waals surface area contributed by atoms with Crippen molar-refractivity contribution in [2.45, 2.75) is 58.7 Å². The van der Waals surface area contributed by atoms with E-state index in [1.807, 2.05) is 39.0 Å². The van der Waals surface area contributed by atoms with Crippen LogP contribution in [0.15, 0.2) is 23.6 Å². The predicted molar refractivity (Wildman–Crippen MR) is 126 cm³/mol. The molecule has 2 aliphatic rings. The molecule has 0 bridgehead atoms. The molecule has 2 aliphatic heterocycles. The number of hydrogen-bond donors (Lipinski definition) is 2. The van der Waals surface area contributed by atoms with Crippen molar-refractivity contribution in [3.8, 4) is 0 Å². The molecule has 2 unspecified atom stereocenters. The molecule has 7 nitrogen and oxygen atoms in total. The van der Waals surface area contributed by atoms with Gasteiger partial charge in [0.05, 0.1) is 18.0 Å². The van der Waals surface area contributed by atoms with Gasteiger partial charge in [-0.2, -0.15) is 0 Å². The Labute approximate surface area is 201 Å². The van der Waals surface area contributed by atoms with E-state index in [0.29, 0.717) is 30.1 Å². The lowest BCUT2D eigenvalue weighted by Gasteiger charge is -2.29. The molecular weight excluding hydrogens is 462 g/mol. The van der Waals surface area contributed by atoms with Crippen LogP contribution in [0.4, 0.5) is 0 Å². The number of hydrogen-bond acceptors (Lipinski definition) is 5. The van der Waals surface area contributed by atoms with Crippen molar-refractivity contribution in [2.75, 3.05) is 0 Å². The Bertz CT molecular complexity index is 1140. The summed E-state index contributed by atoms with van der Waals surface area (Å²) in [6, 6.07) is 5.05. The second-order valence-corrected chi connectivity index (χ2v) is 10.3. The van der Waals surface area contributed by atoms with Crippen LogP contribution < -0.4 is 10.6 Å². The van der Waals surface area contributed by atoms with Gasteiger partial charge in [-0.3, -0.25) is 24.5 Å². The number of imide groups is 1. The zero-order valence-electron chi connectivity index (χ0n) is 18.7. The Morgan fingerprint density at radius 2 is 2.06 bits per heavy atom. The topological polar surface area (TPSA) is 95.6 Å². The number of nitrogens with one attached hydrogen (secondary N) is 2. The predicted octanol–water partition coefficient (Wildman–Crippen LogP) is 3.53. The molecule has 3 heterocycles. The lowest BCUT2D eigenvalue weighted by Crippen LogP contribution is -2.52. The number of rotatable bonds is 6. The highest BCUT2D eigenvalue weighted by molar-refractivity contribution is 7.10. The van der Waals surface area contributed by atoms with Crippen LogP contribution in [-0.2, 0) is 27.5 Å². The molecule has 33 heavy (non-hydrogen) atoms. The summed E-state index contributed by atoms with van der Waals surface area (Å²) in [6.45, 7) is 6.52. The van der Waals surface area contributed by atoms with Gasteiger partial charge in [0.2, 0.25) is 17.7 Å². The molecule has 0 saturated carbocycles. The third-order valence-corrected chi connectivity index (χ3v) is 7.75. The van der Waals surface area contributed by atoms with Crippen LogP contribution in [0, 0.1) is 12.8 Å². The van der Waals surface area contributed by atoms with Crippen molar-refractivity contribution in [1.82, 2.24) is 15.5 Å². The molecule has 9 heteroatoms. The van der Waals surface area contributed by atoms with Crippen LogP contribution >= 0.6 is 22.9 Å². The summed E-state index contributed by atoms with van der Waals surface area (Å²) < 4.78 is 0. The van der Waals surface area contributed by atoms with E-state index in [0.717, 1.165) is 21.6 Å². The van der Waals surface area contributed by atoms with Crippen LogP contribution in [0.3, 0.4) is 0 Å². The molecule has 0 radical (unpaired) electrons. The molecule has 2 atom stereocenters. The maximum absolute atomic E-state index is 13.1. The first-order valence-corrected chi connectivity index (χ1v) is 12.2. The van der Waals surface area contributed by atoms with Crippen LogP contribution in [0.25, 0.3) is 0 Å². The Morgan fingerprint density at radius 3 is 2.73 bits per heavy atom. The average Bonchev–Trinajstić information content (AvgIpc) is 3.29. The summed E-state index contributed by atoms with van der Waals surface area (Å²) in [4.78, 5) is 52.1. The molecule has 1 aromatic carbocycles. The van der Waals surface area contributed by atoms with Crippen LogP contribution in [0.1, 0.15) is 64.5 Å². The molecule has 0 spiro atoms. The fourth-order valence-electron chi connectivity index (χ4n) is 4.47. The molecule has 2 N–H and O–H groups in total. The molecule has 1 aromatic heterocycles. The Morgan fingerprint density at radius 1 is 1.30 bits per heavy atom. The number of fused-ring (bicyclic) bond motifs is 1.